The van der Waals surface area contributed by atoms with Crippen LogP contribution in [0.25, 0.3) is 0 Å². The van der Waals surface area contributed by atoms with Crippen molar-refractivity contribution in [2.45, 2.75) is 45.3 Å². The lowest BCUT2D eigenvalue weighted by atomic mass is 9.77. The van der Waals surface area contributed by atoms with Gasteiger partial charge in [-0.05, 0) is 39.7 Å². The number of hydrogen-bond donors (Lipinski definition) is 1. The van der Waals surface area contributed by atoms with E-state index in [4.69, 9.17) is 14.4 Å². The van der Waals surface area contributed by atoms with Gasteiger partial charge < -0.3 is 14.4 Å². The van der Waals surface area contributed by atoms with E-state index in [1.54, 1.807) is 18.2 Å². The number of halogens is 1. The lowest BCUT2D eigenvalue weighted by Crippen LogP contribution is -2.41. The molecule has 5 heteroatoms. The average molecular weight is 266 g/mol. The van der Waals surface area contributed by atoms with E-state index >= 15 is 0 Å². The van der Waals surface area contributed by atoms with Crippen LogP contribution >= 0.6 is 0 Å². The summed E-state index contributed by atoms with van der Waals surface area (Å²) in [6, 6.07) is 5.09. The summed E-state index contributed by atoms with van der Waals surface area (Å²) in [6.45, 7) is 7.65. The first-order valence-electron chi connectivity index (χ1n) is 6.52. The molecular weight excluding hydrogens is 246 g/mol. The van der Waals surface area contributed by atoms with Crippen molar-refractivity contribution >= 4 is 12.6 Å². The van der Waals surface area contributed by atoms with Crippen LogP contribution in [-0.2, 0) is 15.7 Å². The van der Waals surface area contributed by atoms with Crippen molar-refractivity contribution in [2.24, 2.45) is 0 Å². The molecule has 1 heterocycles. The molecule has 0 unspecified atom stereocenters. The Hall–Kier alpha value is -0.905. The van der Waals surface area contributed by atoms with E-state index in [0.29, 0.717) is 17.4 Å². The summed E-state index contributed by atoms with van der Waals surface area (Å²) >= 11 is 0. The molecule has 2 rings (SSSR count). The maximum absolute atomic E-state index is 14.3. The quantitative estimate of drug-likeness (QED) is 0.845. The summed E-state index contributed by atoms with van der Waals surface area (Å²) < 4.78 is 26.0. The summed E-state index contributed by atoms with van der Waals surface area (Å²) in [5.74, 6) is -0.352. The van der Waals surface area contributed by atoms with Crippen molar-refractivity contribution in [1.29, 1.82) is 0 Å². The van der Waals surface area contributed by atoms with Crippen LogP contribution in [-0.4, -0.2) is 30.0 Å². The van der Waals surface area contributed by atoms with E-state index in [0.717, 1.165) is 0 Å². The van der Waals surface area contributed by atoms with Gasteiger partial charge in [0, 0.05) is 12.1 Å². The summed E-state index contributed by atoms with van der Waals surface area (Å²) in [7, 11) is -0.705. The van der Waals surface area contributed by atoms with Gasteiger partial charge in [-0.3, -0.25) is 0 Å². The van der Waals surface area contributed by atoms with Gasteiger partial charge in [-0.25, -0.2) is 4.39 Å². The van der Waals surface area contributed by atoms with Gasteiger partial charge in [0.25, 0.3) is 0 Å². The molecule has 1 aliphatic rings. The first-order chi connectivity index (χ1) is 8.78. The zero-order valence-corrected chi connectivity index (χ0v) is 11.9. The molecule has 0 atom stereocenters. The fraction of sp³-hybridized carbons (Fsp3) is 0.571. The zero-order chi connectivity index (χ0) is 14.3. The van der Waals surface area contributed by atoms with Gasteiger partial charge in [0.1, 0.15) is 5.82 Å². The van der Waals surface area contributed by atoms with Gasteiger partial charge in [0.2, 0.25) is 0 Å². The average Bonchev–Trinajstić information content (AvgIpc) is 2.51. The molecule has 0 amide bonds. The fourth-order valence-corrected chi connectivity index (χ4v) is 2.07. The minimum absolute atomic E-state index is 0.0796. The minimum Gasteiger partial charge on any atom is -0.399 e. The Morgan fingerprint density at radius 2 is 1.74 bits per heavy atom. The van der Waals surface area contributed by atoms with Crippen molar-refractivity contribution in [3.8, 4) is 0 Å². The number of rotatable bonds is 3. The summed E-state index contributed by atoms with van der Waals surface area (Å²) in [6.07, 6.45) is 0.291. The Morgan fingerprint density at radius 1 is 1.16 bits per heavy atom. The highest BCUT2D eigenvalue weighted by Gasteiger charge is 2.52. The predicted octanol–water partition coefficient (Wildman–Crippen LogP) is 1.66. The third-order valence-electron chi connectivity index (χ3n) is 4.00. The monoisotopic (exact) mass is 266 g/mol. The van der Waals surface area contributed by atoms with E-state index in [1.807, 2.05) is 27.7 Å². The largest absolute Gasteiger partial charge is 0.497 e. The van der Waals surface area contributed by atoms with Crippen LogP contribution in [0.2, 0.25) is 0 Å². The third kappa shape index (κ3) is 2.55. The first-order valence-corrected chi connectivity index (χ1v) is 6.52. The molecule has 1 aromatic rings. The van der Waals surface area contributed by atoms with E-state index in [1.165, 1.54) is 0 Å². The van der Waals surface area contributed by atoms with Crippen molar-refractivity contribution in [2.75, 3.05) is 6.61 Å². The number of benzene rings is 1. The van der Waals surface area contributed by atoms with E-state index in [2.05, 4.69) is 0 Å². The molecule has 0 saturated carbocycles. The molecule has 0 aromatic heterocycles. The molecule has 0 spiro atoms. The van der Waals surface area contributed by atoms with Crippen LogP contribution in [0.1, 0.15) is 33.3 Å². The molecule has 19 heavy (non-hydrogen) atoms. The minimum atomic E-state index is -0.705. The number of aliphatic hydroxyl groups is 1. The van der Waals surface area contributed by atoms with Gasteiger partial charge in [-0.1, -0.05) is 18.2 Å². The number of aliphatic hydroxyl groups excluding tert-OH is 1. The van der Waals surface area contributed by atoms with Crippen LogP contribution in [0.5, 0.6) is 0 Å². The van der Waals surface area contributed by atoms with Crippen molar-refractivity contribution < 1.29 is 18.8 Å². The van der Waals surface area contributed by atoms with Crippen LogP contribution in [0.4, 0.5) is 4.39 Å². The topological polar surface area (TPSA) is 38.7 Å². The third-order valence-corrected chi connectivity index (χ3v) is 4.00. The maximum Gasteiger partial charge on any atom is 0.497 e. The lowest BCUT2D eigenvalue weighted by molar-refractivity contribution is 0.00578. The Kier molecular flexibility index (Phi) is 3.73. The highest BCUT2D eigenvalue weighted by molar-refractivity contribution is 6.62. The van der Waals surface area contributed by atoms with Gasteiger partial charge in [0.05, 0.1) is 11.2 Å². The highest BCUT2D eigenvalue weighted by atomic mass is 19.1. The van der Waals surface area contributed by atoms with Crippen LogP contribution in [0, 0.1) is 5.82 Å². The van der Waals surface area contributed by atoms with E-state index < -0.39 is 18.3 Å². The first kappa shape index (κ1) is 14.5. The zero-order valence-electron chi connectivity index (χ0n) is 11.9. The highest BCUT2D eigenvalue weighted by Crippen LogP contribution is 2.36. The van der Waals surface area contributed by atoms with Crippen LogP contribution in [0.15, 0.2) is 18.2 Å². The standard InChI is InChI=1S/C14H20BFO3/c1-13(2)14(3,4)19-15(18-13)11-7-5-6-10(8-9-17)12(11)16/h5-7,17H,8-9H2,1-4H3. The molecule has 1 aromatic carbocycles. The summed E-state index contributed by atoms with van der Waals surface area (Å²) in [5, 5.41) is 8.94. The van der Waals surface area contributed by atoms with Gasteiger partial charge in [0.15, 0.2) is 0 Å². The molecule has 3 nitrogen and oxygen atoms in total. The normalized spacial score (nSPS) is 20.8. The Morgan fingerprint density at radius 3 is 2.26 bits per heavy atom. The predicted molar refractivity (Wildman–Crippen MR) is 72.9 cm³/mol. The van der Waals surface area contributed by atoms with Gasteiger partial charge >= 0.3 is 7.12 Å². The molecule has 1 saturated heterocycles. The van der Waals surface area contributed by atoms with Gasteiger partial charge in [-0.2, -0.15) is 0 Å². The second-order valence-electron chi connectivity index (χ2n) is 5.88. The van der Waals surface area contributed by atoms with Crippen LogP contribution in [0.3, 0.4) is 0 Å². The molecular formula is C14H20BFO3. The van der Waals surface area contributed by atoms with E-state index in [9.17, 15) is 4.39 Å². The Bertz CT molecular complexity index is 458. The smallest absolute Gasteiger partial charge is 0.399 e. The van der Waals surface area contributed by atoms with E-state index in [-0.39, 0.29) is 12.4 Å². The number of hydrogen-bond acceptors (Lipinski definition) is 3. The Labute approximate surface area is 113 Å². The molecule has 0 bridgehead atoms. The molecule has 1 N–H and O–H groups in total. The summed E-state index contributed by atoms with van der Waals surface area (Å²) in [4.78, 5) is 0. The fourth-order valence-electron chi connectivity index (χ4n) is 2.07. The summed E-state index contributed by atoms with van der Waals surface area (Å²) in [5.41, 5.74) is -0.104. The van der Waals surface area contributed by atoms with Gasteiger partial charge in [-0.15, -0.1) is 0 Å². The molecule has 1 aliphatic heterocycles. The lowest BCUT2D eigenvalue weighted by Gasteiger charge is -2.32. The Balaban J connectivity index is 2.32. The molecule has 104 valence electrons. The second-order valence-corrected chi connectivity index (χ2v) is 5.88. The van der Waals surface area contributed by atoms with Crippen molar-refractivity contribution in [3.05, 3.63) is 29.6 Å². The molecule has 0 aliphatic carbocycles. The SMILES string of the molecule is CC1(C)OB(c2cccc(CCO)c2F)OC1(C)C. The van der Waals surface area contributed by atoms with Crippen molar-refractivity contribution in [3.63, 3.8) is 0 Å². The maximum atomic E-state index is 14.3. The second kappa shape index (κ2) is 4.89. The molecule has 0 radical (unpaired) electrons. The molecule has 1 fully saturated rings. The van der Waals surface area contributed by atoms with Crippen LogP contribution < -0.4 is 5.46 Å². The van der Waals surface area contributed by atoms with Crippen molar-refractivity contribution in [1.82, 2.24) is 0 Å².